The molecule has 1 aliphatic carbocycles. The standard InChI is InChI=1S/C13H23N3/c1-3-14-11-13(6-5-7-13)8-12-9-15-16(4-2)10-12/h9-10,14H,3-8,11H2,1-2H3. The molecule has 0 spiro atoms. The Kier molecular flexibility index (Phi) is 3.64. The summed E-state index contributed by atoms with van der Waals surface area (Å²) in [6.07, 6.45) is 9.57. The molecule has 1 aromatic heterocycles. The molecular formula is C13H23N3. The summed E-state index contributed by atoms with van der Waals surface area (Å²) >= 11 is 0. The number of nitrogens with zero attached hydrogens (tertiary/aromatic N) is 2. The van der Waals surface area contributed by atoms with Crippen LogP contribution in [0.3, 0.4) is 0 Å². The molecule has 1 N–H and O–H groups in total. The Bertz CT molecular complexity index is 326. The van der Waals surface area contributed by atoms with Gasteiger partial charge in [0, 0.05) is 19.3 Å². The highest BCUT2D eigenvalue weighted by molar-refractivity contribution is 5.10. The quantitative estimate of drug-likeness (QED) is 0.798. The van der Waals surface area contributed by atoms with Crippen molar-refractivity contribution in [2.75, 3.05) is 13.1 Å². The van der Waals surface area contributed by atoms with Crippen LogP contribution in [0.5, 0.6) is 0 Å². The number of hydrogen-bond acceptors (Lipinski definition) is 2. The van der Waals surface area contributed by atoms with E-state index < -0.39 is 0 Å². The zero-order valence-electron chi connectivity index (χ0n) is 10.5. The summed E-state index contributed by atoms with van der Waals surface area (Å²) in [5, 5.41) is 7.86. The third-order valence-corrected chi connectivity index (χ3v) is 3.75. The Morgan fingerprint density at radius 1 is 1.44 bits per heavy atom. The van der Waals surface area contributed by atoms with E-state index >= 15 is 0 Å². The Morgan fingerprint density at radius 3 is 2.75 bits per heavy atom. The molecule has 1 fully saturated rings. The number of aryl methyl sites for hydroxylation is 1. The van der Waals surface area contributed by atoms with Crippen molar-refractivity contribution in [2.45, 2.75) is 46.1 Å². The minimum atomic E-state index is 0.525. The Morgan fingerprint density at radius 2 is 2.25 bits per heavy atom. The van der Waals surface area contributed by atoms with Gasteiger partial charge in [0.15, 0.2) is 0 Å². The highest BCUT2D eigenvalue weighted by atomic mass is 15.3. The minimum absolute atomic E-state index is 0.525. The summed E-state index contributed by atoms with van der Waals surface area (Å²) in [6.45, 7) is 7.53. The summed E-state index contributed by atoms with van der Waals surface area (Å²) in [5.41, 5.74) is 1.93. The molecule has 0 radical (unpaired) electrons. The van der Waals surface area contributed by atoms with E-state index in [0.717, 1.165) is 13.1 Å². The zero-order valence-corrected chi connectivity index (χ0v) is 10.5. The normalized spacial score (nSPS) is 18.4. The van der Waals surface area contributed by atoms with E-state index in [1.807, 2.05) is 10.9 Å². The lowest BCUT2D eigenvalue weighted by atomic mass is 9.65. The van der Waals surface area contributed by atoms with Gasteiger partial charge in [-0.25, -0.2) is 0 Å². The predicted molar refractivity (Wildman–Crippen MR) is 66.4 cm³/mol. The van der Waals surface area contributed by atoms with Crippen molar-refractivity contribution >= 4 is 0 Å². The first kappa shape index (κ1) is 11.6. The molecule has 3 heteroatoms. The molecule has 1 heterocycles. The minimum Gasteiger partial charge on any atom is -0.316 e. The van der Waals surface area contributed by atoms with E-state index in [0.29, 0.717) is 5.41 Å². The second-order valence-electron chi connectivity index (χ2n) is 5.01. The summed E-state index contributed by atoms with van der Waals surface area (Å²) in [4.78, 5) is 0. The molecule has 2 rings (SSSR count). The maximum absolute atomic E-state index is 4.35. The largest absolute Gasteiger partial charge is 0.316 e. The van der Waals surface area contributed by atoms with Crippen LogP contribution in [0.2, 0.25) is 0 Å². The van der Waals surface area contributed by atoms with Gasteiger partial charge in [-0.05, 0) is 43.7 Å². The zero-order chi connectivity index (χ0) is 11.4. The predicted octanol–water partition coefficient (Wildman–Crippen LogP) is 2.23. The van der Waals surface area contributed by atoms with Crippen LogP contribution in [0.15, 0.2) is 12.4 Å². The first-order valence-electron chi connectivity index (χ1n) is 6.50. The molecule has 0 atom stereocenters. The Hall–Kier alpha value is -0.830. The van der Waals surface area contributed by atoms with E-state index in [-0.39, 0.29) is 0 Å². The fourth-order valence-corrected chi connectivity index (χ4v) is 2.59. The lowest BCUT2D eigenvalue weighted by Gasteiger charge is -2.42. The maximum Gasteiger partial charge on any atom is 0.0521 e. The van der Waals surface area contributed by atoms with Crippen molar-refractivity contribution in [3.8, 4) is 0 Å². The van der Waals surface area contributed by atoms with Crippen LogP contribution in [-0.4, -0.2) is 22.9 Å². The summed E-state index contributed by atoms with van der Waals surface area (Å²) < 4.78 is 2.02. The van der Waals surface area contributed by atoms with Crippen molar-refractivity contribution in [3.05, 3.63) is 18.0 Å². The van der Waals surface area contributed by atoms with Crippen LogP contribution >= 0.6 is 0 Å². The number of rotatable bonds is 6. The lowest BCUT2D eigenvalue weighted by Crippen LogP contribution is -2.41. The van der Waals surface area contributed by atoms with E-state index in [1.54, 1.807) is 0 Å². The van der Waals surface area contributed by atoms with Gasteiger partial charge in [-0.1, -0.05) is 13.3 Å². The van der Waals surface area contributed by atoms with Crippen LogP contribution in [0.1, 0.15) is 38.7 Å². The van der Waals surface area contributed by atoms with E-state index in [1.165, 1.54) is 37.8 Å². The molecule has 0 bridgehead atoms. The maximum atomic E-state index is 4.35. The summed E-state index contributed by atoms with van der Waals surface area (Å²) in [5.74, 6) is 0. The van der Waals surface area contributed by atoms with Crippen LogP contribution in [0, 0.1) is 5.41 Å². The van der Waals surface area contributed by atoms with Crippen molar-refractivity contribution in [1.82, 2.24) is 15.1 Å². The van der Waals surface area contributed by atoms with Crippen molar-refractivity contribution in [2.24, 2.45) is 5.41 Å². The number of aromatic nitrogens is 2. The molecule has 16 heavy (non-hydrogen) atoms. The number of hydrogen-bond donors (Lipinski definition) is 1. The average Bonchev–Trinajstić information content (AvgIpc) is 2.69. The smallest absolute Gasteiger partial charge is 0.0521 e. The lowest BCUT2D eigenvalue weighted by molar-refractivity contribution is 0.131. The fraction of sp³-hybridized carbons (Fsp3) is 0.769. The van der Waals surface area contributed by atoms with E-state index in [9.17, 15) is 0 Å². The van der Waals surface area contributed by atoms with Crippen molar-refractivity contribution in [3.63, 3.8) is 0 Å². The van der Waals surface area contributed by atoms with E-state index in [4.69, 9.17) is 0 Å². The second-order valence-corrected chi connectivity index (χ2v) is 5.01. The second kappa shape index (κ2) is 5.00. The van der Waals surface area contributed by atoms with Gasteiger partial charge in [0.25, 0.3) is 0 Å². The fourth-order valence-electron chi connectivity index (χ4n) is 2.59. The third-order valence-electron chi connectivity index (χ3n) is 3.75. The first-order valence-corrected chi connectivity index (χ1v) is 6.50. The molecule has 0 amide bonds. The van der Waals surface area contributed by atoms with Gasteiger partial charge in [0.05, 0.1) is 6.20 Å². The molecule has 0 saturated heterocycles. The van der Waals surface area contributed by atoms with Gasteiger partial charge < -0.3 is 5.32 Å². The van der Waals surface area contributed by atoms with E-state index in [2.05, 4.69) is 30.5 Å². The van der Waals surface area contributed by atoms with Gasteiger partial charge in [-0.3, -0.25) is 4.68 Å². The van der Waals surface area contributed by atoms with Crippen molar-refractivity contribution < 1.29 is 0 Å². The highest BCUT2D eigenvalue weighted by Gasteiger charge is 2.36. The van der Waals surface area contributed by atoms with Crippen LogP contribution in [0.25, 0.3) is 0 Å². The molecule has 1 saturated carbocycles. The Labute approximate surface area is 98.2 Å². The van der Waals surface area contributed by atoms with Gasteiger partial charge in [-0.2, -0.15) is 5.10 Å². The molecule has 3 nitrogen and oxygen atoms in total. The SMILES string of the molecule is CCNCC1(Cc2cnn(CC)c2)CCC1. The molecule has 90 valence electrons. The van der Waals surface area contributed by atoms with Gasteiger partial charge in [-0.15, -0.1) is 0 Å². The van der Waals surface area contributed by atoms with Crippen LogP contribution in [0.4, 0.5) is 0 Å². The highest BCUT2D eigenvalue weighted by Crippen LogP contribution is 2.43. The van der Waals surface area contributed by atoms with Gasteiger partial charge in [0.2, 0.25) is 0 Å². The van der Waals surface area contributed by atoms with Crippen molar-refractivity contribution in [1.29, 1.82) is 0 Å². The van der Waals surface area contributed by atoms with Crippen LogP contribution < -0.4 is 5.32 Å². The first-order chi connectivity index (χ1) is 7.78. The molecule has 0 unspecified atom stereocenters. The Balaban J connectivity index is 1.95. The number of nitrogens with one attached hydrogen (secondary N) is 1. The average molecular weight is 221 g/mol. The van der Waals surface area contributed by atoms with Crippen LogP contribution in [-0.2, 0) is 13.0 Å². The van der Waals surface area contributed by atoms with Gasteiger partial charge >= 0.3 is 0 Å². The molecule has 0 aliphatic heterocycles. The molecule has 1 aromatic rings. The third kappa shape index (κ3) is 2.46. The summed E-state index contributed by atoms with van der Waals surface area (Å²) in [6, 6.07) is 0. The topological polar surface area (TPSA) is 29.9 Å². The molecule has 0 aromatic carbocycles. The molecule has 1 aliphatic rings. The molecular weight excluding hydrogens is 198 g/mol. The summed E-state index contributed by atoms with van der Waals surface area (Å²) in [7, 11) is 0. The van der Waals surface area contributed by atoms with Gasteiger partial charge in [0.1, 0.15) is 0 Å². The monoisotopic (exact) mass is 221 g/mol.